The third-order valence-electron chi connectivity index (χ3n) is 0.657. The standard InChI is InChI=1S/C4H10N2O2.2ClH/c5-2-1-3-6-4(7)8;;/h6H,1-3,5H2,(H,7,8);2*1H. The van der Waals surface area contributed by atoms with Crippen LogP contribution in [0.25, 0.3) is 0 Å². The van der Waals surface area contributed by atoms with Gasteiger partial charge in [-0.3, -0.25) is 0 Å². The van der Waals surface area contributed by atoms with Crippen molar-refractivity contribution in [3.63, 3.8) is 0 Å². The first-order valence-electron chi connectivity index (χ1n) is 2.44. The summed E-state index contributed by atoms with van der Waals surface area (Å²) in [6.45, 7) is 0.978. The third kappa shape index (κ3) is 15.7. The predicted octanol–water partition coefficient (Wildman–Crippen LogP) is 0.446. The fraction of sp³-hybridized carbons (Fsp3) is 0.750. The Balaban J connectivity index is -0.000000245. The van der Waals surface area contributed by atoms with Crippen LogP contribution in [0.3, 0.4) is 0 Å². The maximum atomic E-state index is 9.72. The Kier molecular flexibility index (Phi) is 19.0. The van der Waals surface area contributed by atoms with Gasteiger partial charge in [0.1, 0.15) is 0 Å². The average molecular weight is 191 g/mol. The summed E-state index contributed by atoms with van der Waals surface area (Å²) in [6, 6.07) is 0. The molecule has 0 bridgehead atoms. The maximum Gasteiger partial charge on any atom is 0.404 e. The smallest absolute Gasteiger partial charge is 0.404 e. The van der Waals surface area contributed by atoms with Crippen LogP contribution in [0.15, 0.2) is 0 Å². The zero-order valence-electron chi connectivity index (χ0n) is 5.37. The van der Waals surface area contributed by atoms with E-state index in [0.717, 1.165) is 0 Å². The van der Waals surface area contributed by atoms with Crippen molar-refractivity contribution in [2.75, 3.05) is 13.1 Å². The molecule has 0 aromatic heterocycles. The molecule has 0 unspecified atom stereocenters. The summed E-state index contributed by atoms with van der Waals surface area (Å²) >= 11 is 0. The minimum atomic E-state index is -0.988. The number of nitrogens with one attached hydrogen (secondary N) is 1. The lowest BCUT2D eigenvalue weighted by Gasteiger charge is -1.94. The van der Waals surface area contributed by atoms with Gasteiger partial charge in [-0.2, -0.15) is 0 Å². The highest BCUT2D eigenvalue weighted by atomic mass is 35.5. The predicted molar refractivity (Wildman–Crippen MR) is 44.2 cm³/mol. The zero-order valence-corrected chi connectivity index (χ0v) is 7.00. The number of nitrogens with two attached hydrogens (primary N) is 1. The Morgan fingerprint density at radius 3 is 2.30 bits per heavy atom. The largest absolute Gasteiger partial charge is 0.465 e. The molecule has 64 valence electrons. The lowest BCUT2D eigenvalue weighted by molar-refractivity contribution is 0.194. The van der Waals surface area contributed by atoms with E-state index in [1.165, 1.54) is 0 Å². The summed E-state index contributed by atoms with van der Waals surface area (Å²) in [4.78, 5) is 9.72. The van der Waals surface area contributed by atoms with Gasteiger partial charge in [0.2, 0.25) is 0 Å². The van der Waals surface area contributed by atoms with Crippen LogP contribution in [0.5, 0.6) is 0 Å². The molecule has 6 heteroatoms. The van der Waals surface area contributed by atoms with Crippen LogP contribution in [-0.4, -0.2) is 24.3 Å². The minimum Gasteiger partial charge on any atom is -0.465 e. The summed E-state index contributed by atoms with van der Waals surface area (Å²) in [5.41, 5.74) is 5.08. The quantitative estimate of drug-likeness (QED) is 0.566. The molecule has 0 aliphatic heterocycles. The van der Waals surface area contributed by atoms with Gasteiger partial charge in [0, 0.05) is 6.54 Å². The van der Waals surface area contributed by atoms with Gasteiger partial charge >= 0.3 is 6.09 Å². The molecule has 4 N–H and O–H groups in total. The lowest BCUT2D eigenvalue weighted by atomic mass is 10.4. The Morgan fingerprint density at radius 2 is 2.00 bits per heavy atom. The number of hydrogen-bond acceptors (Lipinski definition) is 2. The summed E-state index contributed by atoms with van der Waals surface area (Å²) in [5, 5.41) is 10.2. The molecular formula is C4H12Cl2N2O2. The second kappa shape index (κ2) is 11.6. The average Bonchev–Trinajstić information content (AvgIpc) is 1.66. The number of hydrogen-bond donors (Lipinski definition) is 3. The molecule has 0 aromatic rings. The van der Waals surface area contributed by atoms with E-state index in [1.807, 2.05) is 0 Å². The Morgan fingerprint density at radius 1 is 1.50 bits per heavy atom. The fourth-order valence-electron chi connectivity index (χ4n) is 0.297. The van der Waals surface area contributed by atoms with E-state index < -0.39 is 6.09 Å². The second-order valence-corrected chi connectivity index (χ2v) is 1.37. The van der Waals surface area contributed by atoms with Crippen molar-refractivity contribution in [2.45, 2.75) is 6.42 Å². The first kappa shape index (κ1) is 16.4. The van der Waals surface area contributed by atoms with Crippen LogP contribution in [0.4, 0.5) is 4.79 Å². The highest BCUT2D eigenvalue weighted by Crippen LogP contribution is 1.68. The molecule has 0 rings (SSSR count). The summed E-state index contributed by atoms with van der Waals surface area (Å²) in [6.07, 6.45) is -0.287. The van der Waals surface area contributed by atoms with Crippen molar-refractivity contribution in [1.29, 1.82) is 0 Å². The van der Waals surface area contributed by atoms with E-state index in [1.54, 1.807) is 0 Å². The van der Waals surface area contributed by atoms with E-state index in [4.69, 9.17) is 10.8 Å². The van der Waals surface area contributed by atoms with Gasteiger partial charge < -0.3 is 16.2 Å². The molecule has 0 radical (unpaired) electrons. The van der Waals surface area contributed by atoms with Gasteiger partial charge in [0.05, 0.1) is 0 Å². The normalized spacial score (nSPS) is 6.90. The number of carbonyl (C=O) groups is 1. The number of halogens is 2. The summed E-state index contributed by atoms with van der Waals surface area (Å²) < 4.78 is 0. The molecule has 4 nitrogen and oxygen atoms in total. The zero-order chi connectivity index (χ0) is 6.41. The molecule has 0 aliphatic carbocycles. The molecule has 0 spiro atoms. The molecule has 10 heavy (non-hydrogen) atoms. The molecule has 0 heterocycles. The van der Waals surface area contributed by atoms with Crippen molar-refractivity contribution in [1.82, 2.24) is 5.32 Å². The minimum absolute atomic E-state index is 0. The van der Waals surface area contributed by atoms with Crippen LogP contribution in [0.1, 0.15) is 6.42 Å². The highest BCUT2D eigenvalue weighted by molar-refractivity contribution is 5.85. The molecule has 0 saturated carbocycles. The van der Waals surface area contributed by atoms with E-state index in [-0.39, 0.29) is 24.8 Å². The topological polar surface area (TPSA) is 75.3 Å². The first-order valence-corrected chi connectivity index (χ1v) is 2.44. The third-order valence-corrected chi connectivity index (χ3v) is 0.657. The molecule has 0 aromatic carbocycles. The van der Waals surface area contributed by atoms with Crippen molar-refractivity contribution in [3.8, 4) is 0 Å². The molecule has 1 amide bonds. The highest BCUT2D eigenvalue weighted by Gasteiger charge is 1.88. The molecule has 0 fully saturated rings. The maximum absolute atomic E-state index is 9.72. The van der Waals surface area contributed by atoms with Gasteiger partial charge in [-0.25, -0.2) is 4.79 Å². The monoisotopic (exact) mass is 190 g/mol. The van der Waals surface area contributed by atoms with E-state index in [9.17, 15) is 4.79 Å². The van der Waals surface area contributed by atoms with Crippen molar-refractivity contribution >= 4 is 30.9 Å². The first-order chi connectivity index (χ1) is 3.77. The summed E-state index contributed by atoms with van der Waals surface area (Å²) in [5.74, 6) is 0. The van der Waals surface area contributed by atoms with Gasteiger partial charge in [0.25, 0.3) is 0 Å². The van der Waals surface area contributed by atoms with Gasteiger partial charge in [-0.05, 0) is 13.0 Å². The van der Waals surface area contributed by atoms with Crippen LogP contribution >= 0.6 is 24.8 Å². The number of amides is 1. The van der Waals surface area contributed by atoms with E-state index >= 15 is 0 Å². The van der Waals surface area contributed by atoms with Crippen molar-refractivity contribution < 1.29 is 9.90 Å². The van der Waals surface area contributed by atoms with Crippen molar-refractivity contribution in [3.05, 3.63) is 0 Å². The van der Waals surface area contributed by atoms with Crippen LogP contribution < -0.4 is 11.1 Å². The Labute approximate surface area is 72.0 Å². The fourth-order valence-corrected chi connectivity index (χ4v) is 0.297. The van der Waals surface area contributed by atoms with Crippen molar-refractivity contribution in [2.24, 2.45) is 5.73 Å². The van der Waals surface area contributed by atoms with Gasteiger partial charge in [-0.1, -0.05) is 0 Å². The molecule has 0 aliphatic rings. The number of carboxylic acid groups (broad SMARTS) is 1. The van der Waals surface area contributed by atoms with Crippen LogP contribution in [0, 0.1) is 0 Å². The second-order valence-electron chi connectivity index (χ2n) is 1.37. The lowest BCUT2D eigenvalue weighted by Crippen LogP contribution is -2.23. The SMILES string of the molecule is Cl.Cl.NCCCNC(=O)O. The Hall–Kier alpha value is -0.190. The van der Waals surface area contributed by atoms with Crippen LogP contribution in [0.2, 0.25) is 0 Å². The molecule has 0 saturated heterocycles. The summed E-state index contributed by atoms with van der Waals surface area (Å²) in [7, 11) is 0. The Bertz CT molecular complexity index is 81.7. The number of rotatable bonds is 3. The molecular weight excluding hydrogens is 179 g/mol. The van der Waals surface area contributed by atoms with E-state index in [0.29, 0.717) is 19.5 Å². The van der Waals surface area contributed by atoms with Crippen LogP contribution in [-0.2, 0) is 0 Å². The van der Waals surface area contributed by atoms with Gasteiger partial charge in [0.15, 0.2) is 0 Å². The van der Waals surface area contributed by atoms with E-state index in [2.05, 4.69) is 5.32 Å². The van der Waals surface area contributed by atoms with Gasteiger partial charge in [-0.15, -0.1) is 24.8 Å². The molecule has 0 atom stereocenters.